The Morgan fingerprint density at radius 3 is 2.21 bits per heavy atom. The van der Waals surface area contributed by atoms with Crippen LogP contribution in [0.1, 0.15) is 50.4 Å². The van der Waals surface area contributed by atoms with E-state index >= 15 is 0 Å². The van der Waals surface area contributed by atoms with Crippen LogP contribution < -0.4 is 5.32 Å². The van der Waals surface area contributed by atoms with E-state index in [0.717, 1.165) is 11.1 Å². The van der Waals surface area contributed by atoms with Gasteiger partial charge in [-0.05, 0) is 29.7 Å². The molecule has 0 aliphatic rings. The Morgan fingerprint density at radius 2 is 1.66 bits per heavy atom. The van der Waals surface area contributed by atoms with E-state index < -0.39 is 0 Å². The highest BCUT2D eigenvalue weighted by Crippen LogP contribution is 2.32. The van der Waals surface area contributed by atoms with Gasteiger partial charge in [0.05, 0.1) is 5.69 Å². The summed E-state index contributed by atoms with van der Waals surface area (Å²) in [5.74, 6) is 0.568. The molecule has 0 saturated heterocycles. The molecule has 0 aliphatic heterocycles. The lowest BCUT2D eigenvalue weighted by Crippen LogP contribution is -2.12. The zero-order valence-corrected chi connectivity index (χ0v) is 18.3. The molecule has 1 N–H and O–H groups in total. The van der Waals surface area contributed by atoms with Gasteiger partial charge >= 0.3 is 0 Å². The van der Waals surface area contributed by atoms with Crippen molar-refractivity contribution in [2.45, 2.75) is 44.3 Å². The predicted molar refractivity (Wildman–Crippen MR) is 121 cm³/mol. The van der Waals surface area contributed by atoms with Crippen LogP contribution in [0.25, 0.3) is 11.3 Å². The van der Waals surface area contributed by atoms with Crippen LogP contribution in [-0.2, 0) is 5.41 Å². The van der Waals surface area contributed by atoms with E-state index in [1.165, 1.54) is 17.3 Å². The van der Waals surface area contributed by atoms with Crippen LogP contribution in [0.5, 0.6) is 0 Å². The van der Waals surface area contributed by atoms with Crippen molar-refractivity contribution in [2.24, 2.45) is 0 Å². The fourth-order valence-corrected chi connectivity index (χ4v) is 3.47. The summed E-state index contributed by atoms with van der Waals surface area (Å²) in [6.45, 7) is 8.62. The number of hydrogen-bond acceptors (Lipinski definition) is 5. The molecule has 1 heterocycles. The number of aromatic nitrogens is 2. The second-order valence-electron chi connectivity index (χ2n) is 8.00. The third-order valence-electron chi connectivity index (χ3n) is 4.86. The maximum Gasteiger partial charge on any atom is 0.189 e. The van der Waals surface area contributed by atoms with E-state index in [1.54, 1.807) is 0 Å². The van der Waals surface area contributed by atoms with Crippen LogP contribution in [0.3, 0.4) is 0 Å². The molecule has 29 heavy (non-hydrogen) atoms. The number of nitriles is 1. The second kappa shape index (κ2) is 8.67. The molecular formula is C24H26N4S. The highest BCUT2D eigenvalue weighted by atomic mass is 32.2. The van der Waals surface area contributed by atoms with Crippen molar-refractivity contribution in [2.75, 3.05) is 11.6 Å². The molecule has 3 aromatic rings. The molecule has 148 valence electrons. The molecule has 0 aliphatic carbocycles. The van der Waals surface area contributed by atoms with Gasteiger partial charge in [-0.15, -0.1) is 0 Å². The maximum atomic E-state index is 9.91. The lowest BCUT2D eigenvalue weighted by atomic mass is 9.86. The molecule has 0 amide bonds. The Balaban J connectivity index is 2.04. The predicted octanol–water partition coefficient (Wildman–Crippen LogP) is 6.21. The Morgan fingerprint density at radius 1 is 1.00 bits per heavy atom. The van der Waals surface area contributed by atoms with Crippen molar-refractivity contribution in [3.63, 3.8) is 0 Å². The Hall–Kier alpha value is -2.84. The van der Waals surface area contributed by atoms with E-state index in [1.807, 2.05) is 36.6 Å². The van der Waals surface area contributed by atoms with E-state index in [9.17, 15) is 5.26 Å². The molecule has 4 nitrogen and oxygen atoms in total. The van der Waals surface area contributed by atoms with Crippen molar-refractivity contribution in [3.8, 4) is 17.3 Å². The number of hydrogen-bond donors (Lipinski definition) is 1. The first-order valence-electron chi connectivity index (χ1n) is 9.62. The second-order valence-corrected chi connectivity index (χ2v) is 8.77. The molecule has 1 aromatic heterocycles. The van der Waals surface area contributed by atoms with Crippen molar-refractivity contribution < 1.29 is 0 Å². The van der Waals surface area contributed by atoms with Gasteiger partial charge in [0.2, 0.25) is 0 Å². The van der Waals surface area contributed by atoms with Crippen molar-refractivity contribution in [1.82, 2.24) is 9.97 Å². The molecule has 2 aromatic carbocycles. The minimum atomic E-state index is 0.0176. The van der Waals surface area contributed by atoms with Gasteiger partial charge < -0.3 is 5.32 Å². The normalized spacial score (nSPS) is 12.3. The van der Waals surface area contributed by atoms with Gasteiger partial charge in [-0.2, -0.15) is 5.26 Å². The van der Waals surface area contributed by atoms with Gasteiger partial charge in [0.25, 0.3) is 0 Å². The molecule has 0 saturated carbocycles. The molecule has 3 rings (SSSR count). The fraction of sp³-hybridized carbons (Fsp3) is 0.292. The number of nitrogens with one attached hydrogen (secondary N) is 1. The van der Waals surface area contributed by atoms with Crippen LogP contribution in [-0.4, -0.2) is 16.2 Å². The smallest absolute Gasteiger partial charge is 0.189 e. The third kappa shape index (κ3) is 4.78. The molecule has 5 heteroatoms. The molecule has 0 bridgehead atoms. The van der Waals surface area contributed by atoms with Gasteiger partial charge in [0.1, 0.15) is 17.5 Å². The summed E-state index contributed by atoms with van der Waals surface area (Å²) >= 11 is 1.47. The van der Waals surface area contributed by atoms with Crippen molar-refractivity contribution >= 4 is 17.6 Å². The number of anilines is 1. The largest absolute Gasteiger partial charge is 0.362 e. The fourth-order valence-electron chi connectivity index (χ4n) is 3.11. The summed E-state index contributed by atoms with van der Waals surface area (Å²) in [6.07, 6.45) is 1.94. The Kier molecular flexibility index (Phi) is 6.24. The third-order valence-corrected chi connectivity index (χ3v) is 5.41. The lowest BCUT2D eigenvalue weighted by molar-refractivity contribution is 0.590. The quantitative estimate of drug-likeness (QED) is 0.406. The lowest BCUT2D eigenvalue weighted by Gasteiger charge is -2.20. The molecule has 1 atom stereocenters. The molecule has 0 unspecified atom stereocenters. The number of thioether (sulfide) groups is 1. The highest BCUT2D eigenvalue weighted by Gasteiger charge is 2.19. The first-order chi connectivity index (χ1) is 13.8. The zero-order chi connectivity index (χ0) is 21.0. The zero-order valence-electron chi connectivity index (χ0n) is 17.5. The molecule has 0 fully saturated rings. The standard InChI is InChI=1S/C24H26N4S/c1-16(17-9-7-6-8-10-17)26-22-20(15-25)21(27-23(28-22)29-5)18-11-13-19(14-12-18)24(2,3)4/h6-14,16H,1-5H3,(H,26,27,28)/t16-/m0/s1. The molecule has 0 radical (unpaired) electrons. The Bertz CT molecular complexity index is 1020. The van der Waals surface area contributed by atoms with E-state index in [4.69, 9.17) is 0 Å². The SMILES string of the molecule is CSc1nc(N[C@@H](C)c2ccccc2)c(C#N)c(-c2ccc(C(C)(C)C)cc2)n1. The number of nitrogens with zero attached hydrogens (tertiary/aromatic N) is 3. The van der Waals surface area contributed by atoms with Crippen molar-refractivity contribution in [3.05, 3.63) is 71.3 Å². The topological polar surface area (TPSA) is 61.6 Å². The van der Waals surface area contributed by atoms with Crippen LogP contribution >= 0.6 is 11.8 Å². The van der Waals surface area contributed by atoms with Gasteiger partial charge in [-0.3, -0.25) is 0 Å². The summed E-state index contributed by atoms with van der Waals surface area (Å²) in [5.41, 5.74) is 4.50. The summed E-state index contributed by atoms with van der Waals surface area (Å²) in [5, 5.41) is 14.0. The number of rotatable bonds is 5. The first-order valence-corrected chi connectivity index (χ1v) is 10.8. The van der Waals surface area contributed by atoms with Crippen LogP contribution in [0.4, 0.5) is 5.82 Å². The summed E-state index contributed by atoms with van der Waals surface area (Å²) < 4.78 is 0. The summed E-state index contributed by atoms with van der Waals surface area (Å²) in [7, 11) is 0. The van der Waals surface area contributed by atoms with E-state index in [-0.39, 0.29) is 11.5 Å². The van der Waals surface area contributed by atoms with E-state index in [0.29, 0.717) is 22.2 Å². The average Bonchev–Trinajstić information content (AvgIpc) is 2.73. The monoisotopic (exact) mass is 402 g/mol. The van der Waals surface area contributed by atoms with Gasteiger partial charge in [-0.1, -0.05) is 87.1 Å². The molecule has 0 spiro atoms. The highest BCUT2D eigenvalue weighted by molar-refractivity contribution is 7.98. The van der Waals surface area contributed by atoms with Crippen LogP contribution in [0, 0.1) is 11.3 Å². The maximum absolute atomic E-state index is 9.91. The Labute approximate surface area is 177 Å². The van der Waals surface area contributed by atoms with Gasteiger partial charge in [0, 0.05) is 11.6 Å². The molecular weight excluding hydrogens is 376 g/mol. The van der Waals surface area contributed by atoms with Crippen molar-refractivity contribution in [1.29, 1.82) is 5.26 Å². The van der Waals surface area contributed by atoms with Crippen LogP contribution in [0.2, 0.25) is 0 Å². The van der Waals surface area contributed by atoms with Gasteiger partial charge in [0.15, 0.2) is 5.16 Å². The summed E-state index contributed by atoms with van der Waals surface area (Å²) in [4.78, 5) is 9.24. The summed E-state index contributed by atoms with van der Waals surface area (Å²) in [6, 6.07) is 20.8. The average molecular weight is 403 g/mol. The minimum absolute atomic E-state index is 0.0176. The van der Waals surface area contributed by atoms with Gasteiger partial charge in [-0.25, -0.2) is 9.97 Å². The minimum Gasteiger partial charge on any atom is -0.362 e. The van der Waals surface area contributed by atoms with Crippen LogP contribution in [0.15, 0.2) is 59.8 Å². The number of benzene rings is 2. The van der Waals surface area contributed by atoms with E-state index in [2.05, 4.69) is 73.3 Å². The first kappa shape index (κ1) is 20.9.